The Morgan fingerprint density at radius 2 is 1.95 bits per heavy atom. The molecular formula is C16H13BrN2O2. The van der Waals surface area contributed by atoms with Crippen molar-refractivity contribution in [2.24, 2.45) is 0 Å². The van der Waals surface area contributed by atoms with Crippen LogP contribution in [0.5, 0.6) is 0 Å². The Bertz CT molecular complexity index is 790. The molecule has 2 heterocycles. The molecule has 106 valence electrons. The fourth-order valence-corrected chi connectivity index (χ4v) is 2.62. The number of H-pyrrole nitrogens is 1. The highest BCUT2D eigenvalue weighted by molar-refractivity contribution is 9.10. The lowest BCUT2D eigenvalue weighted by atomic mass is 10.1. The van der Waals surface area contributed by atoms with Gasteiger partial charge in [-0.15, -0.1) is 0 Å². The summed E-state index contributed by atoms with van der Waals surface area (Å²) in [6, 6.07) is 12.7. The maximum absolute atomic E-state index is 8.12. The maximum Gasteiger partial charge on any atom is 0.373 e. The molecule has 1 aromatic carbocycles. The third-order valence-electron chi connectivity index (χ3n) is 2.96. The van der Waals surface area contributed by atoms with Crippen molar-refractivity contribution in [3.63, 3.8) is 0 Å². The molecule has 2 aromatic heterocycles. The fraction of sp³-hybridized carbons (Fsp3) is 0.125. The Balaban J connectivity index is 0.000000497. The minimum atomic E-state index is 0.250. The van der Waals surface area contributed by atoms with Crippen LogP contribution < -0.4 is 0 Å². The molecule has 0 saturated carbocycles. The number of aromatic amines is 1. The first-order chi connectivity index (χ1) is 10.1. The van der Waals surface area contributed by atoms with E-state index in [2.05, 4.69) is 63.2 Å². The monoisotopic (exact) mass is 344 g/mol. The molecule has 0 aliphatic heterocycles. The van der Waals surface area contributed by atoms with Crippen LogP contribution in [-0.2, 0) is 16.0 Å². The van der Waals surface area contributed by atoms with Gasteiger partial charge in [0.05, 0.1) is 0 Å². The first-order valence-electron chi connectivity index (χ1n) is 6.30. The summed E-state index contributed by atoms with van der Waals surface area (Å²) in [6.07, 6.45) is 3.10. The molecule has 4 nitrogen and oxygen atoms in total. The van der Waals surface area contributed by atoms with E-state index in [9.17, 15) is 0 Å². The van der Waals surface area contributed by atoms with E-state index in [-0.39, 0.29) is 6.15 Å². The molecule has 0 amide bonds. The van der Waals surface area contributed by atoms with Crippen LogP contribution in [-0.4, -0.2) is 16.1 Å². The SMILES string of the molecule is Cc1cc2cc(Cc3cccc(Br)c3)cnc2[nH]1.O=C=O. The Morgan fingerprint density at radius 3 is 2.67 bits per heavy atom. The lowest BCUT2D eigenvalue weighted by Gasteiger charge is -2.02. The van der Waals surface area contributed by atoms with Gasteiger partial charge in [0.15, 0.2) is 0 Å². The van der Waals surface area contributed by atoms with Crippen molar-refractivity contribution in [1.29, 1.82) is 0 Å². The van der Waals surface area contributed by atoms with Gasteiger partial charge < -0.3 is 4.98 Å². The Kier molecular flexibility index (Phi) is 5.04. The number of halogens is 1. The molecule has 3 aromatic rings. The van der Waals surface area contributed by atoms with Gasteiger partial charge in [-0.1, -0.05) is 28.1 Å². The lowest BCUT2D eigenvalue weighted by molar-refractivity contribution is -0.191. The van der Waals surface area contributed by atoms with Crippen LogP contribution >= 0.6 is 15.9 Å². The summed E-state index contributed by atoms with van der Waals surface area (Å²) in [5, 5.41) is 1.18. The quantitative estimate of drug-likeness (QED) is 0.771. The zero-order chi connectivity index (χ0) is 15.2. The average Bonchev–Trinajstić information content (AvgIpc) is 2.79. The number of hydrogen-bond acceptors (Lipinski definition) is 3. The second-order valence-electron chi connectivity index (χ2n) is 4.62. The van der Waals surface area contributed by atoms with Crippen molar-refractivity contribution in [2.45, 2.75) is 13.3 Å². The van der Waals surface area contributed by atoms with Gasteiger partial charge in [0.25, 0.3) is 0 Å². The predicted octanol–water partition coefficient (Wildman–Crippen LogP) is 3.64. The number of nitrogens with zero attached hydrogens (tertiary/aromatic N) is 1. The van der Waals surface area contributed by atoms with Crippen LogP contribution in [0.25, 0.3) is 11.0 Å². The van der Waals surface area contributed by atoms with Crippen molar-refractivity contribution < 1.29 is 9.59 Å². The van der Waals surface area contributed by atoms with Crippen LogP contribution in [0.2, 0.25) is 0 Å². The smallest absolute Gasteiger partial charge is 0.344 e. The van der Waals surface area contributed by atoms with Crippen molar-refractivity contribution in [1.82, 2.24) is 9.97 Å². The summed E-state index contributed by atoms with van der Waals surface area (Å²) in [5.74, 6) is 0. The van der Waals surface area contributed by atoms with Gasteiger partial charge in [-0.05, 0) is 48.7 Å². The highest BCUT2D eigenvalue weighted by atomic mass is 79.9. The van der Waals surface area contributed by atoms with Crippen LogP contribution in [0.15, 0.2) is 47.1 Å². The first-order valence-corrected chi connectivity index (χ1v) is 7.09. The number of rotatable bonds is 2. The molecule has 0 aliphatic carbocycles. The number of hydrogen-bond donors (Lipinski definition) is 1. The fourth-order valence-electron chi connectivity index (χ4n) is 2.18. The second kappa shape index (κ2) is 6.97. The molecule has 0 fully saturated rings. The summed E-state index contributed by atoms with van der Waals surface area (Å²) >= 11 is 3.50. The van der Waals surface area contributed by atoms with Crippen molar-refractivity contribution in [3.05, 3.63) is 63.9 Å². The van der Waals surface area contributed by atoms with Gasteiger partial charge in [0.1, 0.15) is 5.65 Å². The third-order valence-corrected chi connectivity index (χ3v) is 3.45. The van der Waals surface area contributed by atoms with E-state index in [1.165, 1.54) is 16.5 Å². The van der Waals surface area contributed by atoms with Gasteiger partial charge in [0, 0.05) is 21.7 Å². The zero-order valence-electron chi connectivity index (χ0n) is 11.4. The Morgan fingerprint density at radius 1 is 1.19 bits per heavy atom. The molecular weight excluding hydrogens is 332 g/mol. The number of benzene rings is 1. The van der Waals surface area contributed by atoms with Crippen LogP contribution in [0.1, 0.15) is 16.8 Å². The lowest BCUT2D eigenvalue weighted by Crippen LogP contribution is -1.89. The third kappa shape index (κ3) is 4.12. The van der Waals surface area contributed by atoms with E-state index >= 15 is 0 Å². The largest absolute Gasteiger partial charge is 0.373 e. The van der Waals surface area contributed by atoms with Gasteiger partial charge in [0.2, 0.25) is 0 Å². The number of carbonyl (C=O) groups excluding carboxylic acids is 2. The number of aromatic nitrogens is 2. The minimum absolute atomic E-state index is 0.250. The first kappa shape index (κ1) is 15.2. The predicted molar refractivity (Wildman–Crippen MR) is 82.8 cm³/mol. The van der Waals surface area contributed by atoms with Gasteiger partial charge in [-0.25, -0.2) is 4.98 Å². The van der Waals surface area contributed by atoms with Crippen molar-refractivity contribution in [2.75, 3.05) is 0 Å². The standard InChI is InChI=1S/C15H13BrN2.CO2/c1-10-5-13-7-12(9-17-15(13)18-10)6-11-3-2-4-14(16)8-11;2-1-3/h2-5,7-9H,6H2,1H3,(H,17,18);. The zero-order valence-corrected chi connectivity index (χ0v) is 13.0. The highest BCUT2D eigenvalue weighted by Gasteiger charge is 2.02. The topological polar surface area (TPSA) is 62.8 Å². The summed E-state index contributed by atoms with van der Waals surface area (Å²) < 4.78 is 1.12. The minimum Gasteiger partial charge on any atom is -0.344 e. The molecule has 0 spiro atoms. The molecule has 0 aliphatic rings. The van der Waals surface area contributed by atoms with Gasteiger partial charge >= 0.3 is 6.15 Å². The van der Waals surface area contributed by atoms with Gasteiger partial charge in [-0.2, -0.15) is 9.59 Å². The average molecular weight is 345 g/mol. The summed E-state index contributed by atoms with van der Waals surface area (Å²) in [7, 11) is 0. The van der Waals surface area contributed by atoms with Crippen molar-refractivity contribution >= 4 is 33.1 Å². The Hall–Kier alpha value is -2.23. The van der Waals surface area contributed by atoms with E-state index in [4.69, 9.17) is 9.59 Å². The molecule has 1 N–H and O–H groups in total. The molecule has 0 atom stereocenters. The highest BCUT2D eigenvalue weighted by Crippen LogP contribution is 2.18. The number of nitrogens with one attached hydrogen (secondary N) is 1. The second-order valence-corrected chi connectivity index (χ2v) is 5.54. The number of aryl methyl sites for hydroxylation is 1. The molecule has 0 bridgehead atoms. The van der Waals surface area contributed by atoms with E-state index in [0.717, 1.165) is 22.2 Å². The summed E-state index contributed by atoms with van der Waals surface area (Å²) in [5.41, 5.74) is 4.64. The molecule has 0 radical (unpaired) electrons. The summed E-state index contributed by atoms with van der Waals surface area (Å²) in [4.78, 5) is 23.9. The molecule has 5 heteroatoms. The Labute approximate surface area is 130 Å². The van der Waals surface area contributed by atoms with E-state index in [1.54, 1.807) is 0 Å². The van der Waals surface area contributed by atoms with Crippen LogP contribution in [0, 0.1) is 6.92 Å². The van der Waals surface area contributed by atoms with E-state index < -0.39 is 0 Å². The van der Waals surface area contributed by atoms with Crippen LogP contribution in [0.4, 0.5) is 0 Å². The van der Waals surface area contributed by atoms with Crippen molar-refractivity contribution in [3.8, 4) is 0 Å². The number of fused-ring (bicyclic) bond motifs is 1. The molecule has 3 rings (SSSR count). The van der Waals surface area contributed by atoms with E-state index in [0.29, 0.717) is 0 Å². The number of pyridine rings is 1. The normalized spacial score (nSPS) is 9.81. The van der Waals surface area contributed by atoms with Gasteiger partial charge in [-0.3, -0.25) is 0 Å². The summed E-state index contributed by atoms with van der Waals surface area (Å²) in [6.45, 7) is 2.05. The molecule has 0 saturated heterocycles. The molecule has 0 unspecified atom stereocenters. The van der Waals surface area contributed by atoms with Crippen LogP contribution in [0.3, 0.4) is 0 Å². The molecule has 21 heavy (non-hydrogen) atoms. The van der Waals surface area contributed by atoms with E-state index in [1.807, 2.05) is 12.3 Å². The maximum atomic E-state index is 8.12.